The third kappa shape index (κ3) is 0.891. The maximum absolute atomic E-state index is 11.5. The molecule has 2 aliphatic rings. The molecule has 1 atom stereocenters. The van der Waals surface area contributed by atoms with Gasteiger partial charge in [-0.1, -0.05) is 0 Å². The fourth-order valence-electron chi connectivity index (χ4n) is 2.23. The maximum Gasteiger partial charge on any atom is 0.239 e. The lowest BCUT2D eigenvalue weighted by Gasteiger charge is -2.59. The lowest BCUT2D eigenvalue weighted by Crippen LogP contribution is -2.67. The van der Waals surface area contributed by atoms with Crippen molar-refractivity contribution in [2.75, 3.05) is 6.54 Å². The third-order valence-electron chi connectivity index (χ3n) is 3.31. The van der Waals surface area contributed by atoms with Gasteiger partial charge in [-0.3, -0.25) is 4.79 Å². The Bertz CT molecular complexity index is 203. The van der Waals surface area contributed by atoms with Crippen LogP contribution in [0.25, 0.3) is 0 Å². The molecule has 0 aromatic rings. The zero-order valence-electron chi connectivity index (χ0n) is 7.55. The van der Waals surface area contributed by atoms with Gasteiger partial charge in [0.25, 0.3) is 0 Å². The molecular weight excluding hydrogens is 152 g/mol. The molecular formula is C9H16N2O. The fraction of sp³-hybridized carbons (Fsp3) is 0.889. The topological polar surface area (TPSA) is 46.3 Å². The van der Waals surface area contributed by atoms with Gasteiger partial charge in [-0.25, -0.2) is 0 Å². The zero-order chi connectivity index (χ0) is 8.77. The highest BCUT2D eigenvalue weighted by Crippen LogP contribution is 2.47. The molecule has 0 aromatic heterocycles. The van der Waals surface area contributed by atoms with Crippen molar-refractivity contribution in [3.05, 3.63) is 0 Å². The van der Waals surface area contributed by atoms with E-state index in [-0.39, 0.29) is 17.5 Å². The predicted molar refractivity (Wildman–Crippen MR) is 46.6 cm³/mol. The van der Waals surface area contributed by atoms with E-state index >= 15 is 0 Å². The molecule has 1 saturated heterocycles. The van der Waals surface area contributed by atoms with E-state index in [0.29, 0.717) is 0 Å². The Hall–Kier alpha value is -0.570. The van der Waals surface area contributed by atoms with Crippen molar-refractivity contribution < 1.29 is 4.79 Å². The van der Waals surface area contributed by atoms with Crippen molar-refractivity contribution in [3.8, 4) is 0 Å². The summed E-state index contributed by atoms with van der Waals surface area (Å²) in [6, 6.07) is -0.317. The first-order chi connectivity index (χ1) is 5.66. The van der Waals surface area contributed by atoms with Crippen molar-refractivity contribution in [3.63, 3.8) is 0 Å². The summed E-state index contributed by atoms with van der Waals surface area (Å²) in [6.07, 6.45) is 4.88. The molecule has 0 radical (unpaired) electrons. The Labute approximate surface area is 72.9 Å². The quantitative estimate of drug-likeness (QED) is 0.619. The number of rotatable bonds is 1. The van der Waals surface area contributed by atoms with E-state index in [1.807, 2.05) is 4.90 Å². The Morgan fingerprint density at radius 2 is 2.17 bits per heavy atom. The Morgan fingerprint density at radius 1 is 1.50 bits per heavy atom. The monoisotopic (exact) mass is 168 g/mol. The van der Waals surface area contributed by atoms with Gasteiger partial charge in [-0.05, 0) is 32.6 Å². The number of carbonyl (C=O) groups excluding carboxylic acids is 1. The Balaban J connectivity index is 2.01. The summed E-state index contributed by atoms with van der Waals surface area (Å²) >= 11 is 0. The first-order valence-electron chi connectivity index (χ1n) is 4.73. The van der Waals surface area contributed by atoms with Crippen LogP contribution < -0.4 is 5.73 Å². The molecule has 0 aromatic carbocycles. The average Bonchev–Trinajstić information content (AvgIpc) is 1.81. The fourth-order valence-corrected chi connectivity index (χ4v) is 2.23. The molecule has 2 fully saturated rings. The number of likely N-dealkylation sites (tertiary alicyclic amines) is 1. The molecule has 1 saturated carbocycles. The van der Waals surface area contributed by atoms with Crippen LogP contribution >= 0.6 is 0 Å². The van der Waals surface area contributed by atoms with Gasteiger partial charge < -0.3 is 10.6 Å². The molecule has 1 aliphatic carbocycles. The normalized spacial score (nSPS) is 27.7. The summed E-state index contributed by atoms with van der Waals surface area (Å²) in [7, 11) is 0. The van der Waals surface area contributed by atoms with Crippen LogP contribution in [0.15, 0.2) is 0 Å². The van der Waals surface area contributed by atoms with Crippen LogP contribution in [-0.2, 0) is 4.79 Å². The highest BCUT2D eigenvalue weighted by Gasteiger charge is 2.51. The lowest BCUT2D eigenvalue weighted by molar-refractivity contribution is -0.156. The van der Waals surface area contributed by atoms with Gasteiger partial charge in [0.2, 0.25) is 5.91 Å². The van der Waals surface area contributed by atoms with Gasteiger partial charge in [0.15, 0.2) is 0 Å². The standard InChI is InChI=1S/C9H16N2O/c1-7(10)8(12)11-6-5-9(11)3-2-4-9/h7H,2-6,10H2,1H3/t7-/m0/s1. The van der Waals surface area contributed by atoms with Crippen molar-refractivity contribution in [1.82, 2.24) is 4.90 Å². The summed E-state index contributed by atoms with van der Waals surface area (Å²) in [4.78, 5) is 13.5. The minimum absolute atomic E-state index is 0.140. The lowest BCUT2D eigenvalue weighted by atomic mass is 9.67. The number of nitrogens with two attached hydrogens (primary N) is 1. The number of carbonyl (C=O) groups is 1. The van der Waals surface area contributed by atoms with E-state index in [1.54, 1.807) is 6.92 Å². The number of hydrogen-bond acceptors (Lipinski definition) is 2. The van der Waals surface area contributed by atoms with Gasteiger partial charge in [0.05, 0.1) is 6.04 Å². The molecule has 2 N–H and O–H groups in total. The summed E-state index contributed by atoms with van der Waals surface area (Å²) in [5, 5.41) is 0. The molecule has 12 heavy (non-hydrogen) atoms. The molecule has 1 amide bonds. The molecule has 2 rings (SSSR count). The van der Waals surface area contributed by atoms with E-state index in [2.05, 4.69) is 0 Å². The first-order valence-corrected chi connectivity index (χ1v) is 4.73. The molecule has 0 bridgehead atoms. The summed E-state index contributed by atoms with van der Waals surface area (Å²) < 4.78 is 0. The van der Waals surface area contributed by atoms with Crippen LogP contribution in [0.1, 0.15) is 32.6 Å². The highest BCUT2D eigenvalue weighted by molar-refractivity contribution is 5.83. The van der Waals surface area contributed by atoms with Crippen LogP contribution in [0.2, 0.25) is 0 Å². The van der Waals surface area contributed by atoms with Crippen molar-refractivity contribution in [2.45, 2.75) is 44.2 Å². The van der Waals surface area contributed by atoms with Crippen LogP contribution in [-0.4, -0.2) is 28.9 Å². The Kier molecular flexibility index (Phi) is 1.65. The van der Waals surface area contributed by atoms with Crippen LogP contribution in [0.3, 0.4) is 0 Å². The molecule has 3 heteroatoms. The van der Waals surface area contributed by atoms with Crippen LogP contribution in [0, 0.1) is 0 Å². The summed E-state index contributed by atoms with van der Waals surface area (Å²) in [5.41, 5.74) is 5.82. The van der Waals surface area contributed by atoms with Crippen molar-refractivity contribution in [2.24, 2.45) is 5.73 Å². The van der Waals surface area contributed by atoms with Gasteiger partial charge in [-0.15, -0.1) is 0 Å². The summed E-state index contributed by atoms with van der Waals surface area (Å²) in [6.45, 7) is 2.70. The number of nitrogens with zero attached hydrogens (tertiary/aromatic N) is 1. The van der Waals surface area contributed by atoms with Crippen molar-refractivity contribution in [1.29, 1.82) is 0 Å². The van der Waals surface area contributed by atoms with E-state index < -0.39 is 0 Å². The molecule has 1 spiro atoms. The largest absolute Gasteiger partial charge is 0.336 e. The minimum atomic E-state index is -0.317. The zero-order valence-corrected chi connectivity index (χ0v) is 7.55. The van der Waals surface area contributed by atoms with Gasteiger partial charge >= 0.3 is 0 Å². The van der Waals surface area contributed by atoms with E-state index in [0.717, 1.165) is 6.54 Å². The van der Waals surface area contributed by atoms with Gasteiger partial charge in [0.1, 0.15) is 0 Å². The van der Waals surface area contributed by atoms with E-state index in [1.165, 1.54) is 25.7 Å². The second kappa shape index (κ2) is 2.46. The molecule has 3 nitrogen and oxygen atoms in total. The third-order valence-corrected chi connectivity index (χ3v) is 3.31. The molecule has 0 unspecified atom stereocenters. The van der Waals surface area contributed by atoms with Crippen LogP contribution in [0.4, 0.5) is 0 Å². The smallest absolute Gasteiger partial charge is 0.239 e. The highest BCUT2D eigenvalue weighted by atomic mass is 16.2. The average molecular weight is 168 g/mol. The summed E-state index contributed by atoms with van der Waals surface area (Å²) in [5.74, 6) is 0.140. The van der Waals surface area contributed by atoms with Crippen LogP contribution in [0.5, 0.6) is 0 Å². The first kappa shape index (κ1) is 8.05. The second-order valence-electron chi connectivity index (χ2n) is 4.11. The van der Waals surface area contributed by atoms with Crippen molar-refractivity contribution >= 4 is 5.91 Å². The Morgan fingerprint density at radius 3 is 2.42 bits per heavy atom. The predicted octanol–water partition coefficient (Wildman–Crippen LogP) is 0.489. The number of hydrogen-bond donors (Lipinski definition) is 1. The van der Waals surface area contributed by atoms with Gasteiger partial charge in [0, 0.05) is 12.1 Å². The van der Waals surface area contributed by atoms with E-state index in [4.69, 9.17) is 5.73 Å². The molecule has 1 aliphatic heterocycles. The number of amides is 1. The van der Waals surface area contributed by atoms with E-state index in [9.17, 15) is 4.79 Å². The maximum atomic E-state index is 11.5. The SMILES string of the molecule is C[C@H](N)C(=O)N1CCC12CCC2. The molecule has 68 valence electrons. The molecule has 1 heterocycles. The second-order valence-corrected chi connectivity index (χ2v) is 4.11. The minimum Gasteiger partial charge on any atom is -0.336 e. The van der Waals surface area contributed by atoms with Gasteiger partial charge in [-0.2, -0.15) is 0 Å².